The van der Waals surface area contributed by atoms with E-state index in [1.807, 2.05) is 0 Å². The van der Waals surface area contributed by atoms with Gasteiger partial charge in [0.1, 0.15) is 0 Å². The van der Waals surface area contributed by atoms with Crippen LogP contribution in [0.1, 0.15) is 27.7 Å². The molecule has 2 N–H and O–H groups in total. The fourth-order valence-corrected chi connectivity index (χ4v) is 0.767. The van der Waals surface area contributed by atoms with Crippen molar-refractivity contribution < 1.29 is 19.7 Å². The van der Waals surface area contributed by atoms with Gasteiger partial charge in [0, 0.05) is 13.2 Å². The molecule has 0 aliphatic carbocycles. The molecule has 100 valence electrons. The second-order valence-corrected chi connectivity index (χ2v) is 4.38. The van der Waals surface area contributed by atoms with Crippen LogP contribution in [0.2, 0.25) is 0 Å². The quantitative estimate of drug-likeness (QED) is 0.624. The predicted molar refractivity (Wildman–Crippen MR) is 65.5 cm³/mol. The highest BCUT2D eigenvalue weighted by atomic mass is 16.5. The predicted octanol–water partition coefficient (Wildman–Crippen LogP) is 1.30. The zero-order valence-electron chi connectivity index (χ0n) is 11.1. The van der Waals surface area contributed by atoms with Gasteiger partial charge in [0.25, 0.3) is 0 Å². The summed E-state index contributed by atoms with van der Waals surface area (Å²) in [7, 11) is 0. The van der Waals surface area contributed by atoms with Gasteiger partial charge in [-0.15, -0.1) is 0 Å². The summed E-state index contributed by atoms with van der Waals surface area (Å²) in [6.45, 7) is 11.0. The molecule has 4 heteroatoms. The van der Waals surface area contributed by atoms with E-state index in [1.165, 1.54) is 0 Å². The Morgan fingerprint density at radius 1 is 0.750 bits per heavy atom. The van der Waals surface area contributed by atoms with Gasteiger partial charge in [-0.2, -0.15) is 0 Å². The zero-order valence-corrected chi connectivity index (χ0v) is 11.1. The molecular formula is C12H28O4. The maximum atomic E-state index is 8.25. The van der Waals surface area contributed by atoms with Crippen LogP contribution < -0.4 is 0 Å². The van der Waals surface area contributed by atoms with Crippen molar-refractivity contribution in [1.29, 1.82) is 0 Å². The topological polar surface area (TPSA) is 58.9 Å². The molecule has 0 bridgehead atoms. The molecule has 0 saturated heterocycles. The van der Waals surface area contributed by atoms with Crippen LogP contribution in [0.15, 0.2) is 0 Å². The van der Waals surface area contributed by atoms with Crippen molar-refractivity contribution in [2.45, 2.75) is 27.7 Å². The van der Waals surface area contributed by atoms with E-state index in [4.69, 9.17) is 19.7 Å². The molecule has 0 aliphatic rings. The van der Waals surface area contributed by atoms with Gasteiger partial charge in [0.05, 0.1) is 26.4 Å². The van der Waals surface area contributed by atoms with Gasteiger partial charge in [0.15, 0.2) is 0 Å². The van der Waals surface area contributed by atoms with Crippen LogP contribution in [0.3, 0.4) is 0 Å². The first-order chi connectivity index (χ1) is 7.54. The molecule has 0 aliphatic heterocycles. The van der Waals surface area contributed by atoms with Crippen LogP contribution in [-0.2, 0) is 9.47 Å². The Kier molecular flexibility index (Phi) is 16.9. The van der Waals surface area contributed by atoms with Crippen molar-refractivity contribution in [3.63, 3.8) is 0 Å². The molecule has 0 atom stereocenters. The maximum absolute atomic E-state index is 8.25. The Bertz CT molecular complexity index is 102. The van der Waals surface area contributed by atoms with E-state index in [0.717, 1.165) is 13.2 Å². The number of aliphatic hydroxyl groups is 2. The summed E-state index contributed by atoms with van der Waals surface area (Å²) in [5.74, 6) is 1.14. The van der Waals surface area contributed by atoms with Crippen LogP contribution in [0.4, 0.5) is 0 Å². The molecule has 16 heavy (non-hydrogen) atoms. The molecule has 0 rings (SSSR count). The molecule has 0 unspecified atom stereocenters. The van der Waals surface area contributed by atoms with Gasteiger partial charge in [0.2, 0.25) is 0 Å². The normalized spacial score (nSPS) is 10.5. The van der Waals surface area contributed by atoms with Crippen molar-refractivity contribution in [2.24, 2.45) is 11.8 Å². The van der Waals surface area contributed by atoms with Gasteiger partial charge in [-0.1, -0.05) is 27.7 Å². The highest BCUT2D eigenvalue weighted by Gasteiger charge is 1.91. The third-order valence-electron chi connectivity index (χ3n) is 1.37. The van der Waals surface area contributed by atoms with Gasteiger partial charge in [-0.05, 0) is 11.8 Å². The minimum atomic E-state index is 0.132. The van der Waals surface area contributed by atoms with Crippen molar-refractivity contribution in [3.8, 4) is 0 Å². The number of rotatable bonds is 8. The van der Waals surface area contributed by atoms with Gasteiger partial charge in [-0.25, -0.2) is 0 Å². The summed E-state index contributed by atoms with van der Waals surface area (Å²) in [5.41, 5.74) is 0. The van der Waals surface area contributed by atoms with Gasteiger partial charge in [-0.3, -0.25) is 0 Å². The molecule has 0 saturated carbocycles. The molecule has 0 aromatic heterocycles. The monoisotopic (exact) mass is 236 g/mol. The van der Waals surface area contributed by atoms with Crippen molar-refractivity contribution >= 4 is 0 Å². The second kappa shape index (κ2) is 14.8. The van der Waals surface area contributed by atoms with Crippen molar-refractivity contribution in [2.75, 3.05) is 39.6 Å². The van der Waals surface area contributed by atoms with E-state index in [2.05, 4.69) is 27.7 Å². The Morgan fingerprint density at radius 3 is 1.25 bits per heavy atom. The first kappa shape index (κ1) is 18.2. The molecule has 0 heterocycles. The Balaban J connectivity index is 0. The lowest BCUT2D eigenvalue weighted by Gasteiger charge is -2.03. The summed E-state index contributed by atoms with van der Waals surface area (Å²) in [6, 6.07) is 0. The standard InChI is InChI=1S/2C6H14O2/c2*1-6(2)5-8-4-3-7/h2*6-7H,3-5H2,1-2H3. The first-order valence-corrected chi connectivity index (χ1v) is 5.91. The minimum Gasteiger partial charge on any atom is -0.394 e. The molecule has 0 aromatic rings. The molecule has 0 spiro atoms. The average Bonchev–Trinajstić information content (AvgIpc) is 2.18. The number of hydrogen-bond donors (Lipinski definition) is 2. The summed E-state index contributed by atoms with van der Waals surface area (Å²) in [5, 5.41) is 16.5. The molecule has 0 fully saturated rings. The molecule has 0 amide bonds. The number of hydrogen-bond acceptors (Lipinski definition) is 4. The van der Waals surface area contributed by atoms with Crippen LogP contribution in [0.25, 0.3) is 0 Å². The second-order valence-electron chi connectivity index (χ2n) is 4.38. The van der Waals surface area contributed by atoms with Crippen LogP contribution >= 0.6 is 0 Å². The molecule has 0 radical (unpaired) electrons. The average molecular weight is 236 g/mol. The number of ether oxygens (including phenoxy) is 2. The summed E-state index contributed by atoms with van der Waals surface area (Å²) >= 11 is 0. The summed E-state index contributed by atoms with van der Waals surface area (Å²) in [6.07, 6.45) is 0. The fourth-order valence-electron chi connectivity index (χ4n) is 0.767. The summed E-state index contributed by atoms with van der Waals surface area (Å²) in [4.78, 5) is 0. The van der Waals surface area contributed by atoms with E-state index >= 15 is 0 Å². The smallest absolute Gasteiger partial charge is 0.0697 e. The minimum absolute atomic E-state index is 0.132. The maximum Gasteiger partial charge on any atom is 0.0697 e. The van der Waals surface area contributed by atoms with Crippen LogP contribution in [0.5, 0.6) is 0 Å². The molecule has 4 nitrogen and oxygen atoms in total. The first-order valence-electron chi connectivity index (χ1n) is 5.91. The van der Waals surface area contributed by atoms with E-state index in [-0.39, 0.29) is 13.2 Å². The zero-order chi connectivity index (χ0) is 12.8. The third kappa shape index (κ3) is 23.6. The highest BCUT2D eigenvalue weighted by molar-refractivity contribution is 4.38. The molecular weight excluding hydrogens is 208 g/mol. The third-order valence-corrected chi connectivity index (χ3v) is 1.37. The van der Waals surface area contributed by atoms with E-state index in [1.54, 1.807) is 0 Å². The van der Waals surface area contributed by atoms with Crippen molar-refractivity contribution in [3.05, 3.63) is 0 Å². The van der Waals surface area contributed by atoms with Crippen LogP contribution in [-0.4, -0.2) is 49.9 Å². The fraction of sp³-hybridized carbons (Fsp3) is 1.00. The highest BCUT2D eigenvalue weighted by Crippen LogP contribution is 1.91. The summed E-state index contributed by atoms with van der Waals surface area (Å²) < 4.78 is 9.99. The SMILES string of the molecule is CC(C)COCCO.CC(C)COCCO. The van der Waals surface area contributed by atoms with Crippen LogP contribution in [0, 0.1) is 11.8 Å². The molecule has 0 aromatic carbocycles. The Morgan fingerprint density at radius 2 is 1.06 bits per heavy atom. The lowest BCUT2D eigenvalue weighted by Crippen LogP contribution is -2.05. The van der Waals surface area contributed by atoms with Gasteiger partial charge >= 0.3 is 0 Å². The number of aliphatic hydroxyl groups excluding tert-OH is 2. The van der Waals surface area contributed by atoms with E-state index < -0.39 is 0 Å². The van der Waals surface area contributed by atoms with E-state index in [0.29, 0.717) is 25.0 Å². The van der Waals surface area contributed by atoms with E-state index in [9.17, 15) is 0 Å². The van der Waals surface area contributed by atoms with Gasteiger partial charge < -0.3 is 19.7 Å². The largest absolute Gasteiger partial charge is 0.394 e. The lowest BCUT2D eigenvalue weighted by molar-refractivity contribution is 0.0752. The lowest BCUT2D eigenvalue weighted by atomic mass is 10.2. The Labute approximate surface area is 99.6 Å². The van der Waals surface area contributed by atoms with Crippen molar-refractivity contribution in [1.82, 2.24) is 0 Å². The Hall–Kier alpha value is -0.160.